The SMILES string of the molecule is Nc1cccc2c1Nc1c(cc(Sc3cc4c(c(N)c3[S-])Nc3c(N)cccc3S4)c([S-])c1N)S2.[Na+].[Na+]. The molecule has 0 aliphatic carbocycles. The molecule has 0 bridgehead atoms. The van der Waals surface area contributed by atoms with Crippen molar-refractivity contribution in [3.05, 3.63) is 48.5 Å². The summed E-state index contributed by atoms with van der Waals surface area (Å²) in [5.41, 5.74) is 31.0. The first-order valence-corrected chi connectivity index (χ1v) is 13.7. The van der Waals surface area contributed by atoms with Crippen LogP contribution in [0.2, 0.25) is 0 Å². The number of nitrogen functional groups attached to an aromatic ring is 4. The zero-order valence-electron chi connectivity index (χ0n) is 20.0. The van der Waals surface area contributed by atoms with Crippen LogP contribution >= 0.6 is 35.3 Å². The Labute approximate surface area is 283 Å². The molecular weight excluding hydrogens is 579 g/mol. The van der Waals surface area contributed by atoms with Gasteiger partial charge in [0.25, 0.3) is 0 Å². The normalized spacial score (nSPS) is 12.3. The molecule has 0 fully saturated rings. The van der Waals surface area contributed by atoms with Crippen LogP contribution in [0.25, 0.3) is 0 Å². The van der Waals surface area contributed by atoms with Crippen LogP contribution in [0.4, 0.5) is 45.5 Å². The van der Waals surface area contributed by atoms with Gasteiger partial charge >= 0.3 is 59.1 Å². The minimum Gasteiger partial charge on any atom is -0.777 e. The minimum absolute atomic E-state index is 0. The summed E-state index contributed by atoms with van der Waals surface area (Å²) in [6.07, 6.45) is 0. The van der Waals surface area contributed by atoms with Crippen molar-refractivity contribution >= 4 is 106 Å². The van der Waals surface area contributed by atoms with Gasteiger partial charge in [0.1, 0.15) is 0 Å². The molecule has 0 aromatic heterocycles. The zero-order valence-corrected chi connectivity index (χ0v) is 28.1. The molecule has 0 radical (unpaired) electrons. The van der Waals surface area contributed by atoms with E-state index in [1.54, 1.807) is 23.5 Å². The van der Waals surface area contributed by atoms with Crippen molar-refractivity contribution in [2.45, 2.75) is 39.2 Å². The minimum atomic E-state index is 0. The zero-order chi connectivity index (χ0) is 24.4. The van der Waals surface area contributed by atoms with Crippen molar-refractivity contribution in [1.82, 2.24) is 0 Å². The molecule has 4 aromatic rings. The van der Waals surface area contributed by atoms with Crippen LogP contribution in [-0.2, 0) is 25.3 Å². The summed E-state index contributed by atoms with van der Waals surface area (Å²) in [6, 6.07) is 15.7. The second-order valence-corrected chi connectivity index (χ2v) is 12.0. The van der Waals surface area contributed by atoms with E-state index in [0.717, 1.165) is 52.1 Å². The third-order valence-corrected chi connectivity index (χ3v) is 10.2. The quantitative estimate of drug-likeness (QED) is 0.0945. The Hall–Kier alpha value is -0.830. The van der Waals surface area contributed by atoms with E-state index in [2.05, 4.69) is 10.6 Å². The summed E-state index contributed by atoms with van der Waals surface area (Å²) >= 11 is 16.2. The molecule has 4 aromatic carbocycles. The summed E-state index contributed by atoms with van der Waals surface area (Å²) in [4.78, 5) is 6.86. The molecule has 0 saturated carbocycles. The maximum atomic E-state index is 6.50. The molecule has 2 aliphatic heterocycles. The van der Waals surface area contributed by atoms with Gasteiger partial charge in [-0.25, -0.2) is 0 Å². The number of anilines is 8. The summed E-state index contributed by atoms with van der Waals surface area (Å²) in [5, 5.41) is 6.75. The van der Waals surface area contributed by atoms with Gasteiger partial charge in [0.15, 0.2) is 0 Å². The summed E-state index contributed by atoms with van der Waals surface area (Å²) in [7, 11) is 0. The molecule has 37 heavy (non-hydrogen) atoms. The fourth-order valence-corrected chi connectivity index (χ4v) is 7.89. The van der Waals surface area contributed by atoms with E-state index >= 15 is 0 Å². The molecule has 0 amide bonds. The first-order chi connectivity index (χ1) is 16.8. The smallest absolute Gasteiger partial charge is 0.777 e. The summed E-state index contributed by atoms with van der Waals surface area (Å²) in [6.45, 7) is 0. The predicted octanol–water partition coefficient (Wildman–Crippen LogP) is 0.403. The Morgan fingerprint density at radius 1 is 0.595 bits per heavy atom. The number of nitrogens with one attached hydrogen (secondary N) is 2. The van der Waals surface area contributed by atoms with Crippen LogP contribution in [0, 0.1) is 0 Å². The van der Waals surface area contributed by atoms with E-state index < -0.39 is 0 Å². The van der Waals surface area contributed by atoms with Crippen molar-refractivity contribution in [3.8, 4) is 0 Å². The first kappa shape index (κ1) is 29.2. The molecule has 0 spiro atoms. The van der Waals surface area contributed by atoms with E-state index in [-0.39, 0.29) is 59.1 Å². The van der Waals surface area contributed by atoms with Gasteiger partial charge in [0.2, 0.25) is 0 Å². The van der Waals surface area contributed by atoms with Crippen molar-refractivity contribution in [2.24, 2.45) is 0 Å². The van der Waals surface area contributed by atoms with E-state index in [9.17, 15) is 0 Å². The average molecular weight is 597 g/mol. The second kappa shape index (κ2) is 11.3. The molecule has 0 unspecified atom stereocenters. The molecule has 6 nitrogen and oxygen atoms in total. The molecule has 2 aliphatic rings. The third kappa shape index (κ3) is 5.09. The Balaban J connectivity index is 0.00000160. The largest absolute Gasteiger partial charge is 1.00 e. The van der Waals surface area contributed by atoms with Crippen molar-refractivity contribution < 1.29 is 59.1 Å². The number of hydrogen-bond acceptors (Lipinski definition) is 11. The second-order valence-electron chi connectivity index (χ2n) is 7.98. The fraction of sp³-hybridized carbons (Fsp3) is 0. The van der Waals surface area contributed by atoms with Gasteiger partial charge in [-0.3, -0.25) is 0 Å². The summed E-state index contributed by atoms with van der Waals surface area (Å²) in [5.74, 6) is 0. The monoisotopic (exact) mass is 596 g/mol. The molecule has 13 heteroatoms. The molecule has 6 rings (SSSR count). The average Bonchev–Trinajstić information content (AvgIpc) is 2.84. The van der Waals surface area contributed by atoms with E-state index in [4.69, 9.17) is 48.2 Å². The number of benzene rings is 4. The number of nitrogens with two attached hydrogens (primary N) is 4. The van der Waals surface area contributed by atoms with Gasteiger partial charge in [-0.05, 0) is 46.2 Å². The van der Waals surface area contributed by atoms with Crippen molar-refractivity contribution in [3.63, 3.8) is 0 Å². The Bertz CT molecular complexity index is 1450. The molecular formula is C24H18N6Na2S5. The maximum Gasteiger partial charge on any atom is 1.00 e. The molecule has 2 heterocycles. The number of rotatable bonds is 2. The van der Waals surface area contributed by atoms with Crippen LogP contribution in [0.5, 0.6) is 0 Å². The van der Waals surface area contributed by atoms with Crippen LogP contribution < -0.4 is 92.7 Å². The van der Waals surface area contributed by atoms with Gasteiger partial charge < -0.3 is 58.8 Å². The van der Waals surface area contributed by atoms with Gasteiger partial charge in [-0.2, -0.15) is 0 Å². The van der Waals surface area contributed by atoms with Crippen LogP contribution in [0.15, 0.2) is 87.7 Å². The standard InChI is InChI=1S/C24H20N6S5.2Na/c25-9-3-1-5-11-19(9)29-21-13(33-11)7-15(23(31)17(21)27)35-16-8-14-22(18(28)24(16)32)30-20-10(26)4-2-6-12(20)34-14;;/h1-8,29-32H,25-28H2;;/q;2*+1/p-2. The fourth-order valence-electron chi connectivity index (χ4n) is 3.98. The maximum absolute atomic E-state index is 6.50. The van der Waals surface area contributed by atoms with Gasteiger partial charge in [0, 0.05) is 31.0 Å². The van der Waals surface area contributed by atoms with Gasteiger partial charge in [-0.15, -0.1) is 9.79 Å². The van der Waals surface area contributed by atoms with E-state index in [1.165, 1.54) is 11.8 Å². The number of para-hydroxylation sites is 2. The molecule has 176 valence electrons. The Morgan fingerprint density at radius 2 is 1.00 bits per heavy atom. The van der Waals surface area contributed by atoms with Gasteiger partial charge in [0.05, 0.1) is 34.1 Å². The van der Waals surface area contributed by atoms with Crippen molar-refractivity contribution in [1.29, 1.82) is 0 Å². The van der Waals surface area contributed by atoms with Crippen molar-refractivity contribution in [2.75, 3.05) is 33.6 Å². The number of fused-ring (bicyclic) bond motifs is 4. The Morgan fingerprint density at radius 3 is 1.41 bits per heavy atom. The summed E-state index contributed by atoms with van der Waals surface area (Å²) < 4.78 is 0. The Kier molecular flexibility index (Phi) is 8.94. The molecule has 0 saturated heterocycles. The first-order valence-electron chi connectivity index (χ1n) is 10.4. The van der Waals surface area contributed by atoms with Crippen LogP contribution in [-0.4, -0.2) is 0 Å². The third-order valence-electron chi connectivity index (χ3n) is 5.77. The topological polar surface area (TPSA) is 128 Å². The van der Waals surface area contributed by atoms with E-state index in [0.29, 0.717) is 32.5 Å². The van der Waals surface area contributed by atoms with Crippen LogP contribution in [0.3, 0.4) is 0 Å². The molecule has 0 atom stereocenters. The van der Waals surface area contributed by atoms with E-state index in [1.807, 2.05) is 48.5 Å². The molecule has 10 N–H and O–H groups in total. The van der Waals surface area contributed by atoms with Crippen LogP contribution in [0.1, 0.15) is 0 Å². The number of hydrogen-bond donors (Lipinski definition) is 6. The van der Waals surface area contributed by atoms with Gasteiger partial charge in [-0.1, -0.05) is 47.4 Å². The predicted molar refractivity (Wildman–Crippen MR) is 154 cm³/mol.